The van der Waals surface area contributed by atoms with Gasteiger partial charge in [-0.3, -0.25) is 0 Å². The van der Waals surface area contributed by atoms with Crippen LogP contribution in [0.15, 0.2) is 24.3 Å². The molecular weight excluding hydrogens is 408 g/mol. The molecule has 1 aromatic rings. The van der Waals surface area contributed by atoms with Gasteiger partial charge >= 0.3 is 12.0 Å². The average Bonchev–Trinajstić information content (AvgIpc) is 2.78. The van der Waals surface area contributed by atoms with Gasteiger partial charge in [0, 0.05) is 25.6 Å². The van der Waals surface area contributed by atoms with E-state index in [1.165, 1.54) is 19.3 Å². The van der Waals surface area contributed by atoms with Crippen LogP contribution in [0.5, 0.6) is 5.75 Å². The highest BCUT2D eigenvalue weighted by molar-refractivity contribution is 5.74. The number of nitrogens with one attached hydrogen (secondary N) is 1. The van der Waals surface area contributed by atoms with Gasteiger partial charge in [0.25, 0.3) is 0 Å². The molecule has 0 saturated carbocycles. The Balaban J connectivity index is 2.55. The van der Waals surface area contributed by atoms with E-state index >= 15 is 0 Å². The van der Waals surface area contributed by atoms with Crippen molar-refractivity contribution < 1.29 is 24.2 Å². The molecular formula is C25H42N2O5. The van der Waals surface area contributed by atoms with Crippen molar-refractivity contribution in [2.24, 2.45) is 0 Å². The molecule has 2 amide bonds. The first-order chi connectivity index (χ1) is 15.4. The van der Waals surface area contributed by atoms with Crippen LogP contribution in [0.25, 0.3) is 0 Å². The van der Waals surface area contributed by atoms with Gasteiger partial charge in [0.05, 0.1) is 6.54 Å². The molecule has 7 nitrogen and oxygen atoms in total. The number of aliphatic carboxylic acids is 1. The molecule has 2 unspecified atom stereocenters. The first-order valence-corrected chi connectivity index (χ1v) is 12.0. The van der Waals surface area contributed by atoms with Crippen molar-refractivity contribution in [3.05, 3.63) is 29.8 Å². The third kappa shape index (κ3) is 11.4. The number of nitrogens with zero attached hydrogens (tertiary/aromatic N) is 1. The predicted octanol–water partition coefficient (Wildman–Crippen LogP) is 4.88. The van der Waals surface area contributed by atoms with E-state index in [1.807, 2.05) is 36.1 Å². The molecule has 1 aromatic carbocycles. The van der Waals surface area contributed by atoms with Gasteiger partial charge in [-0.25, -0.2) is 9.59 Å². The van der Waals surface area contributed by atoms with Gasteiger partial charge in [-0.05, 0) is 44.4 Å². The maximum atomic E-state index is 12.6. The van der Waals surface area contributed by atoms with Gasteiger partial charge in [0.1, 0.15) is 12.4 Å². The smallest absolute Gasteiger partial charge is 0.333 e. The molecule has 7 heteroatoms. The lowest BCUT2D eigenvalue weighted by Gasteiger charge is -2.25. The Bertz CT molecular complexity index is 650. The number of unbranched alkanes of at least 4 members (excludes halogenated alkanes) is 4. The summed E-state index contributed by atoms with van der Waals surface area (Å²) < 4.78 is 11.1. The highest BCUT2D eigenvalue weighted by atomic mass is 16.5. The second-order valence-corrected chi connectivity index (χ2v) is 8.14. The molecule has 0 aliphatic rings. The monoisotopic (exact) mass is 450 g/mol. The molecule has 0 aromatic heterocycles. The summed E-state index contributed by atoms with van der Waals surface area (Å²) in [7, 11) is 0. The van der Waals surface area contributed by atoms with E-state index in [-0.39, 0.29) is 12.1 Å². The fourth-order valence-corrected chi connectivity index (χ4v) is 3.25. The molecule has 0 spiro atoms. The number of hydrogen-bond donors (Lipinski definition) is 2. The molecule has 0 radical (unpaired) electrons. The summed E-state index contributed by atoms with van der Waals surface area (Å²) in [5.74, 6) is -0.264. The normalized spacial score (nSPS) is 12.8. The van der Waals surface area contributed by atoms with Crippen molar-refractivity contribution in [3.8, 4) is 5.75 Å². The van der Waals surface area contributed by atoms with E-state index in [4.69, 9.17) is 9.47 Å². The maximum Gasteiger partial charge on any atom is 0.333 e. The molecule has 182 valence electrons. The standard InChI is InChI=1S/C25H42N2O5/c1-5-8-9-10-11-16-27(25(30)26-20(4)6-2)17-18-32-22-14-12-21(13-15-22)19-23(24(28)29)31-7-3/h12-15,20,23H,5-11,16-19H2,1-4H3,(H,26,30)(H,28,29). The summed E-state index contributed by atoms with van der Waals surface area (Å²) in [5.41, 5.74) is 0.875. The van der Waals surface area contributed by atoms with E-state index in [0.29, 0.717) is 31.9 Å². The minimum atomic E-state index is -0.961. The van der Waals surface area contributed by atoms with Crippen molar-refractivity contribution in [1.82, 2.24) is 10.2 Å². The van der Waals surface area contributed by atoms with Crippen LogP contribution in [0, 0.1) is 0 Å². The molecule has 0 aliphatic carbocycles. The third-order valence-electron chi connectivity index (χ3n) is 5.42. The molecule has 0 fully saturated rings. The molecule has 32 heavy (non-hydrogen) atoms. The van der Waals surface area contributed by atoms with Gasteiger partial charge < -0.3 is 24.8 Å². The van der Waals surface area contributed by atoms with Gasteiger partial charge in [0.15, 0.2) is 6.10 Å². The number of carbonyl (C=O) groups excluding carboxylic acids is 1. The van der Waals surface area contributed by atoms with E-state index in [0.717, 1.165) is 31.4 Å². The number of amides is 2. The van der Waals surface area contributed by atoms with Crippen LogP contribution < -0.4 is 10.1 Å². The Kier molecular flexibility index (Phi) is 14.2. The number of carboxylic acids is 1. The van der Waals surface area contributed by atoms with Crippen molar-refractivity contribution in [1.29, 1.82) is 0 Å². The summed E-state index contributed by atoms with van der Waals surface area (Å²) in [6, 6.07) is 7.47. The minimum absolute atomic E-state index is 0.0376. The largest absolute Gasteiger partial charge is 0.492 e. The lowest BCUT2D eigenvalue weighted by Crippen LogP contribution is -2.45. The van der Waals surface area contributed by atoms with Crippen molar-refractivity contribution in [2.75, 3.05) is 26.3 Å². The van der Waals surface area contributed by atoms with Crippen LogP contribution in [0.4, 0.5) is 4.79 Å². The molecule has 2 atom stereocenters. The second kappa shape index (κ2) is 16.4. The van der Waals surface area contributed by atoms with Crippen LogP contribution in [-0.4, -0.2) is 60.5 Å². The zero-order chi connectivity index (χ0) is 23.8. The number of benzene rings is 1. The number of urea groups is 1. The minimum Gasteiger partial charge on any atom is -0.492 e. The Morgan fingerprint density at radius 3 is 2.31 bits per heavy atom. The number of rotatable bonds is 17. The molecule has 0 bridgehead atoms. The topological polar surface area (TPSA) is 88.1 Å². The Hall–Kier alpha value is -2.28. The second-order valence-electron chi connectivity index (χ2n) is 8.14. The lowest BCUT2D eigenvalue weighted by atomic mass is 10.1. The summed E-state index contributed by atoms with van der Waals surface area (Å²) in [5, 5.41) is 12.3. The zero-order valence-corrected chi connectivity index (χ0v) is 20.3. The molecule has 1 rings (SSSR count). The maximum absolute atomic E-state index is 12.6. The third-order valence-corrected chi connectivity index (χ3v) is 5.42. The van der Waals surface area contributed by atoms with Gasteiger partial charge in [-0.2, -0.15) is 0 Å². The Labute approximate surface area is 193 Å². The Morgan fingerprint density at radius 2 is 1.72 bits per heavy atom. The van der Waals surface area contributed by atoms with Crippen LogP contribution in [0.2, 0.25) is 0 Å². The lowest BCUT2D eigenvalue weighted by molar-refractivity contribution is -0.149. The highest BCUT2D eigenvalue weighted by Gasteiger charge is 2.18. The van der Waals surface area contributed by atoms with Gasteiger partial charge in [0.2, 0.25) is 0 Å². The fourth-order valence-electron chi connectivity index (χ4n) is 3.25. The SMILES string of the molecule is CCCCCCCN(CCOc1ccc(CC(OCC)C(=O)O)cc1)C(=O)NC(C)CC. The summed E-state index contributed by atoms with van der Waals surface area (Å²) >= 11 is 0. The van der Waals surface area contributed by atoms with Crippen molar-refractivity contribution >= 4 is 12.0 Å². The molecule has 0 saturated heterocycles. The Morgan fingerprint density at radius 1 is 1.03 bits per heavy atom. The summed E-state index contributed by atoms with van der Waals surface area (Å²) in [6.45, 7) is 10.0. The quantitative estimate of drug-likeness (QED) is 0.330. The van der Waals surface area contributed by atoms with Crippen molar-refractivity contribution in [2.45, 2.75) is 84.8 Å². The first kappa shape index (κ1) is 27.8. The molecule has 2 N–H and O–H groups in total. The number of carbonyl (C=O) groups is 2. The van der Waals surface area contributed by atoms with Crippen LogP contribution in [0.1, 0.15) is 71.8 Å². The van der Waals surface area contributed by atoms with Crippen molar-refractivity contribution in [3.63, 3.8) is 0 Å². The molecule has 0 heterocycles. The van der Waals surface area contributed by atoms with E-state index in [2.05, 4.69) is 19.2 Å². The number of ether oxygens (including phenoxy) is 2. The first-order valence-electron chi connectivity index (χ1n) is 12.0. The predicted molar refractivity (Wildman–Crippen MR) is 127 cm³/mol. The van der Waals surface area contributed by atoms with Crippen LogP contribution in [-0.2, 0) is 16.0 Å². The molecule has 0 aliphatic heterocycles. The van der Waals surface area contributed by atoms with E-state index in [1.54, 1.807) is 6.92 Å². The van der Waals surface area contributed by atoms with Crippen LogP contribution >= 0.6 is 0 Å². The summed E-state index contributed by atoms with van der Waals surface area (Å²) in [4.78, 5) is 25.7. The fraction of sp³-hybridized carbons (Fsp3) is 0.680. The number of carboxylic acid groups (broad SMARTS) is 1. The van der Waals surface area contributed by atoms with Gasteiger partial charge in [-0.15, -0.1) is 0 Å². The van der Waals surface area contributed by atoms with Gasteiger partial charge in [-0.1, -0.05) is 51.7 Å². The van der Waals surface area contributed by atoms with E-state index in [9.17, 15) is 14.7 Å². The van der Waals surface area contributed by atoms with Crippen LogP contribution in [0.3, 0.4) is 0 Å². The zero-order valence-electron chi connectivity index (χ0n) is 20.3. The summed E-state index contributed by atoms with van der Waals surface area (Å²) in [6.07, 6.45) is 6.11. The van der Waals surface area contributed by atoms with E-state index < -0.39 is 12.1 Å². The average molecular weight is 451 g/mol. The highest BCUT2D eigenvalue weighted by Crippen LogP contribution is 2.15. The number of hydrogen-bond acceptors (Lipinski definition) is 4.